The summed E-state index contributed by atoms with van der Waals surface area (Å²) < 4.78 is 18.9. The van der Waals surface area contributed by atoms with Crippen molar-refractivity contribution in [2.45, 2.75) is 45.6 Å². The van der Waals surface area contributed by atoms with Gasteiger partial charge < -0.3 is 10.5 Å². The van der Waals surface area contributed by atoms with Gasteiger partial charge in [0, 0.05) is 6.04 Å². The van der Waals surface area contributed by atoms with E-state index in [1.165, 1.54) is 6.07 Å². The summed E-state index contributed by atoms with van der Waals surface area (Å²) >= 11 is 6.00. The lowest BCUT2D eigenvalue weighted by Gasteiger charge is -2.14. The highest BCUT2D eigenvalue weighted by Crippen LogP contribution is 2.32. The molecule has 0 aromatic heterocycles. The molecule has 0 saturated carbocycles. The van der Waals surface area contributed by atoms with Gasteiger partial charge in [-0.15, -0.1) is 12.4 Å². The molecule has 5 heteroatoms. The van der Waals surface area contributed by atoms with Gasteiger partial charge in [-0.3, -0.25) is 0 Å². The Balaban J connectivity index is 0.00000324. The van der Waals surface area contributed by atoms with Crippen LogP contribution >= 0.6 is 24.0 Å². The van der Waals surface area contributed by atoms with Crippen LogP contribution in [0, 0.1) is 5.82 Å². The topological polar surface area (TPSA) is 35.2 Å². The second-order valence-corrected chi connectivity index (χ2v) is 4.76. The summed E-state index contributed by atoms with van der Waals surface area (Å²) in [7, 11) is 0. The standard InChI is InChI=1S/C14H21ClFNO.ClH/c1-3-5-6-7-13(17)10-8-11(15)14(18-4-2)12(16)9-10;/h8-9,13H,3-7,17H2,1-2H3;1H/t13-;/m1./s1. The first-order valence-electron chi connectivity index (χ1n) is 6.47. The van der Waals surface area contributed by atoms with Gasteiger partial charge >= 0.3 is 0 Å². The minimum atomic E-state index is -0.440. The van der Waals surface area contributed by atoms with Gasteiger partial charge in [0.2, 0.25) is 0 Å². The SMILES string of the molecule is CCCCC[C@@H](N)c1cc(F)c(OCC)c(Cl)c1.Cl. The van der Waals surface area contributed by atoms with Crippen molar-refractivity contribution in [1.82, 2.24) is 0 Å². The maximum Gasteiger partial charge on any atom is 0.173 e. The van der Waals surface area contributed by atoms with E-state index < -0.39 is 5.82 Å². The lowest BCUT2D eigenvalue weighted by atomic mass is 10.0. The second-order valence-electron chi connectivity index (χ2n) is 4.35. The Morgan fingerprint density at radius 3 is 2.53 bits per heavy atom. The third-order valence-electron chi connectivity index (χ3n) is 2.86. The summed E-state index contributed by atoms with van der Waals surface area (Å²) in [5, 5.41) is 0.290. The first kappa shape index (κ1) is 18.5. The molecule has 0 aliphatic rings. The molecule has 1 aromatic rings. The zero-order valence-corrected chi connectivity index (χ0v) is 13.0. The fraction of sp³-hybridized carbons (Fsp3) is 0.571. The summed E-state index contributed by atoms with van der Waals surface area (Å²) in [5.74, 6) is -0.325. The van der Waals surface area contributed by atoms with Crippen molar-refractivity contribution in [2.24, 2.45) is 5.73 Å². The molecular weight excluding hydrogens is 288 g/mol. The van der Waals surface area contributed by atoms with Crippen LogP contribution in [0.3, 0.4) is 0 Å². The largest absolute Gasteiger partial charge is 0.489 e. The molecule has 0 aliphatic carbocycles. The molecule has 0 unspecified atom stereocenters. The van der Waals surface area contributed by atoms with E-state index in [1.807, 2.05) is 0 Å². The lowest BCUT2D eigenvalue weighted by Crippen LogP contribution is -2.11. The normalized spacial score (nSPS) is 11.8. The Hall–Kier alpha value is -0.510. The van der Waals surface area contributed by atoms with Crippen molar-refractivity contribution in [2.75, 3.05) is 6.61 Å². The molecule has 0 saturated heterocycles. The van der Waals surface area contributed by atoms with E-state index in [1.54, 1.807) is 13.0 Å². The number of nitrogens with two attached hydrogens (primary N) is 1. The van der Waals surface area contributed by atoms with E-state index in [9.17, 15) is 4.39 Å². The van der Waals surface area contributed by atoms with Gasteiger partial charge in [0.15, 0.2) is 11.6 Å². The predicted molar refractivity (Wildman–Crippen MR) is 80.9 cm³/mol. The van der Waals surface area contributed by atoms with E-state index in [4.69, 9.17) is 22.1 Å². The molecular formula is C14H22Cl2FNO. The van der Waals surface area contributed by atoms with Crippen molar-refractivity contribution in [3.63, 3.8) is 0 Å². The zero-order valence-electron chi connectivity index (χ0n) is 11.4. The minimum absolute atomic E-state index is 0. The van der Waals surface area contributed by atoms with Crippen LogP contribution in [0.1, 0.15) is 51.1 Å². The monoisotopic (exact) mass is 309 g/mol. The third-order valence-corrected chi connectivity index (χ3v) is 3.14. The maximum atomic E-state index is 13.8. The van der Waals surface area contributed by atoms with Crippen LogP contribution in [0.5, 0.6) is 5.75 Å². The molecule has 0 heterocycles. The molecule has 19 heavy (non-hydrogen) atoms. The van der Waals surface area contributed by atoms with E-state index in [0.717, 1.165) is 31.2 Å². The van der Waals surface area contributed by atoms with Gasteiger partial charge in [-0.1, -0.05) is 37.8 Å². The molecule has 1 atom stereocenters. The quantitative estimate of drug-likeness (QED) is 0.728. The molecule has 1 aromatic carbocycles. The van der Waals surface area contributed by atoms with Gasteiger partial charge in [-0.2, -0.15) is 0 Å². The molecule has 0 amide bonds. The number of halogens is 3. The van der Waals surface area contributed by atoms with E-state index in [0.29, 0.717) is 6.61 Å². The molecule has 0 fully saturated rings. The molecule has 110 valence electrons. The number of benzene rings is 1. The van der Waals surface area contributed by atoms with Crippen LogP contribution in [-0.4, -0.2) is 6.61 Å². The first-order valence-corrected chi connectivity index (χ1v) is 6.85. The Bertz CT molecular complexity index is 365. The number of rotatable bonds is 7. The van der Waals surface area contributed by atoms with Crippen LogP contribution < -0.4 is 10.5 Å². The van der Waals surface area contributed by atoms with Crippen molar-refractivity contribution in [1.29, 1.82) is 0 Å². The highest BCUT2D eigenvalue weighted by molar-refractivity contribution is 6.32. The highest BCUT2D eigenvalue weighted by atomic mass is 35.5. The molecule has 2 N–H and O–H groups in total. The lowest BCUT2D eigenvalue weighted by molar-refractivity contribution is 0.321. The second kappa shape index (κ2) is 9.40. The Kier molecular flexibility index (Phi) is 9.15. The Morgan fingerprint density at radius 1 is 1.32 bits per heavy atom. The summed E-state index contributed by atoms with van der Waals surface area (Å²) in [5.41, 5.74) is 6.76. The van der Waals surface area contributed by atoms with Crippen LogP contribution in [0.25, 0.3) is 0 Å². The van der Waals surface area contributed by atoms with Crippen LogP contribution in [0.2, 0.25) is 5.02 Å². The third kappa shape index (κ3) is 5.55. The predicted octanol–water partition coefficient (Wildman–Crippen LogP) is 4.88. The average molecular weight is 310 g/mol. The smallest absolute Gasteiger partial charge is 0.173 e. The molecule has 0 spiro atoms. The molecule has 0 radical (unpaired) electrons. The van der Waals surface area contributed by atoms with Crippen molar-refractivity contribution in [3.8, 4) is 5.75 Å². The van der Waals surface area contributed by atoms with Gasteiger partial charge in [-0.05, 0) is 31.0 Å². The van der Waals surface area contributed by atoms with E-state index in [-0.39, 0.29) is 29.2 Å². The summed E-state index contributed by atoms with van der Waals surface area (Å²) in [4.78, 5) is 0. The van der Waals surface area contributed by atoms with Crippen molar-refractivity contribution >= 4 is 24.0 Å². The Labute approximate surface area is 125 Å². The molecule has 0 aliphatic heterocycles. The zero-order chi connectivity index (χ0) is 13.5. The minimum Gasteiger partial charge on any atom is -0.489 e. The highest BCUT2D eigenvalue weighted by Gasteiger charge is 2.14. The van der Waals surface area contributed by atoms with Gasteiger partial charge in [0.1, 0.15) is 0 Å². The fourth-order valence-electron chi connectivity index (χ4n) is 1.86. The van der Waals surface area contributed by atoms with E-state index in [2.05, 4.69) is 6.92 Å². The van der Waals surface area contributed by atoms with Crippen LogP contribution in [0.15, 0.2) is 12.1 Å². The number of hydrogen-bond acceptors (Lipinski definition) is 2. The number of ether oxygens (including phenoxy) is 1. The fourth-order valence-corrected chi connectivity index (χ4v) is 2.13. The first-order chi connectivity index (χ1) is 8.60. The molecule has 1 rings (SSSR count). The van der Waals surface area contributed by atoms with Crippen LogP contribution in [0.4, 0.5) is 4.39 Å². The maximum absolute atomic E-state index is 13.8. The summed E-state index contributed by atoms with van der Waals surface area (Å²) in [6.07, 6.45) is 4.17. The van der Waals surface area contributed by atoms with Crippen molar-refractivity contribution in [3.05, 3.63) is 28.5 Å². The number of unbranched alkanes of at least 4 members (excludes halogenated alkanes) is 2. The Morgan fingerprint density at radius 2 is 2.00 bits per heavy atom. The van der Waals surface area contributed by atoms with Crippen LogP contribution in [-0.2, 0) is 0 Å². The van der Waals surface area contributed by atoms with E-state index >= 15 is 0 Å². The van der Waals surface area contributed by atoms with Gasteiger partial charge in [0.05, 0.1) is 11.6 Å². The number of hydrogen-bond donors (Lipinski definition) is 1. The molecule has 0 bridgehead atoms. The average Bonchev–Trinajstić information content (AvgIpc) is 2.33. The van der Waals surface area contributed by atoms with Gasteiger partial charge in [0.25, 0.3) is 0 Å². The summed E-state index contributed by atoms with van der Waals surface area (Å²) in [6, 6.07) is 2.96. The van der Waals surface area contributed by atoms with Gasteiger partial charge in [-0.25, -0.2) is 4.39 Å². The summed E-state index contributed by atoms with van der Waals surface area (Å²) in [6.45, 7) is 4.32. The molecule has 2 nitrogen and oxygen atoms in total. The van der Waals surface area contributed by atoms with Crippen molar-refractivity contribution < 1.29 is 9.13 Å².